The molecule has 1 aromatic heterocycles. The van der Waals surface area contributed by atoms with Crippen LogP contribution in [0.25, 0.3) is 21.6 Å². The molecule has 186 valence electrons. The van der Waals surface area contributed by atoms with Gasteiger partial charge in [-0.2, -0.15) is 0 Å². The van der Waals surface area contributed by atoms with Gasteiger partial charge >= 0.3 is 0 Å². The standard InChI is InChI=1S/C29H22OPS.ClHO4/c30-31(26-17-9-3-10-18-26,27-19-11-4-12-20-27)29-22-25(23-13-5-1-6-14-23)21-28(32-29)24-15-7-2-8-16-24;2-1(3,4)5/h1-22H;(H,2,3,4,5)/q+1;/p-1. The predicted octanol–water partition coefficient (Wildman–Crippen LogP) is 2.25. The first-order chi connectivity index (χ1) is 17.7. The third kappa shape index (κ3) is 6.98. The van der Waals surface area contributed by atoms with Crippen LogP contribution in [0, 0.1) is 10.2 Å². The second-order valence-electron chi connectivity index (χ2n) is 7.94. The van der Waals surface area contributed by atoms with Crippen LogP contribution in [0.4, 0.5) is 0 Å². The smallest absolute Gasteiger partial charge is 0.274 e. The van der Waals surface area contributed by atoms with Gasteiger partial charge in [0.2, 0.25) is 23.4 Å². The lowest BCUT2D eigenvalue weighted by molar-refractivity contribution is -2.00. The van der Waals surface area contributed by atoms with Crippen LogP contribution in [0.2, 0.25) is 0 Å². The molecule has 0 radical (unpaired) electrons. The summed E-state index contributed by atoms with van der Waals surface area (Å²) in [6.45, 7) is 0. The van der Waals surface area contributed by atoms with Crippen LogP contribution in [0.5, 0.6) is 0 Å². The molecule has 0 saturated carbocycles. The van der Waals surface area contributed by atoms with Gasteiger partial charge in [0.05, 0.1) is 0 Å². The van der Waals surface area contributed by atoms with Gasteiger partial charge in [-0.05, 0) is 23.3 Å². The zero-order valence-corrected chi connectivity index (χ0v) is 21.9. The number of halogens is 1. The van der Waals surface area contributed by atoms with E-state index in [0.717, 1.165) is 36.8 Å². The number of rotatable bonds is 5. The fourth-order valence-electron chi connectivity index (χ4n) is 3.86. The molecule has 5 nitrogen and oxygen atoms in total. The summed E-state index contributed by atoms with van der Waals surface area (Å²) in [5.41, 5.74) is 3.32. The molecule has 0 unspecified atom stereocenters. The highest BCUT2D eigenvalue weighted by molar-refractivity contribution is 7.89. The highest BCUT2D eigenvalue weighted by Crippen LogP contribution is 2.46. The maximum absolute atomic E-state index is 15.0. The molecule has 0 bridgehead atoms. The van der Waals surface area contributed by atoms with E-state index in [1.165, 1.54) is 0 Å². The average molecular weight is 549 g/mol. The van der Waals surface area contributed by atoms with E-state index in [1.807, 2.05) is 97.1 Å². The van der Waals surface area contributed by atoms with Crippen molar-refractivity contribution in [2.75, 3.05) is 0 Å². The molecule has 0 aliphatic carbocycles. The maximum Gasteiger partial charge on any atom is 0.274 e. The summed E-state index contributed by atoms with van der Waals surface area (Å²) in [5, 5.41) is 1.71. The lowest BCUT2D eigenvalue weighted by atomic mass is 10.1. The molecule has 4 aromatic carbocycles. The molecular formula is C29H22ClO5PS. The van der Waals surface area contributed by atoms with Crippen molar-refractivity contribution >= 4 is 33.7 Å². The first-order valence-electron chi connectivity index (χ1n) is 11.2. The average Bonchev–Trinajstić information content (AvgIpc) is 2.93. The molecule has 0 atom stereocenters. The minimum absolute atomic E-state index is 0.853. The number of benzene rings is 4. The van der Waals surface area contributed by atoms with E-state index in [-0.39, 0.29) is 0 Å². The molecule has 0 amide bonds. The summed E-state index contributed by atoms with van der Waals surface area (Å²) < 4.78 is 49.9. The number of hydrogen-bond acceptors (Lipinski definition) is 5. The predicted molar refractivity (Wildman–Crippen MR) is 139 cm³/mol. The Kier molecular flexibility index (Phi) is 8.64. The zero-order chi connectivity index (χ0) is 26.3. The Balaban J connectivity index is 0.000000586. The largest absolute Gasteiger partial charge is 0.303 e. The summed E-state index contributed by atoms with van der Waals surface area (Å²) in [6.07, 6.45) is 0. The summed E-state index contributed by atoms with van der Waals surface area (Å²) in [7, 11) is -8.00. The van der Waals surface area contributed by atoms with Gasteiger partial charge in [-0.3, -0.25) is 0 Å². The lowest BCUT2D eigenvalue weighted by Gasteiger charge is -2.17. The van der Waals surface area contributed by atoms with Gasteiger partial charge in [0.25, 0.3) is 4.62 Å². The molecule has 8 heteroatoms. The van der Waals surface area contributed by atoms with Crippen molar-refractivity contribution in [3.63, 3.8) is 0 Å². The van der Waals surface area contributed by atoms with Gasteiger partial charge in [-0.15, -0.1) is 10.2 Å². The Hall–Kier alpha value is -3.19. The lowest BCUT2D eigenvalue weighted by Crippen LogP contribution is -2.68. The van der Waals surface area contributed by atoms with Crippen LogP contribution in [0.15, 0.2) is 133 Å². The molecular weight excluding hydrogens is 527 g/mol. The summed E-state index contributed by atoms with van der Waals surface area (Å²) in [5.74, 6) is 0. The van der Waals surface area contributed by atoms with E-state index in [0.29, 0.717) is 0 Å². The molecule has 0 N–H and O–H groups in total. The summed E-state index contributed by atoms with van der Waals surface area (Å²) >= 11 is 1.62. The van der Waals surface area contributed by atoms with Crippen LogP contribution in [0.1, 0.15) is 0 Å². The third-order valence-electron chi connectivity index (χ3n) is 5.50. The van der Waals surface area contributed by atoms with Gasteiger partial charge in [0.15, 0.2) is 0 Å². The molecule has 0 fully saturated rings. The van der Waals surface area contributed by atoms with Crippen molar-refractivity contribution in [2.24, 2.45) is 0 Å². The molecule has 0 saturated heterocycles. The van der Waals surface area contributed by atoms with E-state index in [4.69, 9.17) is 18.6 Å². The molecule has 5 aromatic rings. The van der Waals surface area contributed by atoms with E-state index in [1.54, 1.807) is 11.3 Å². The van der Waals surface area contributed by atoms with Gasteiger partial charge in [0.1, 0.15) is 0 Å². The van der Waals surface area contributed by atoms with Crippen LogP contribution < -0.4 is 33.9 Å². The van der Waals surface area contributed by atoms with Gasteiger partial charge in [-0.25, -0.2) is 18.6 Å². The van der Waals surface area contributed by atoms with Crippen molar-refractivity contribution in [1.82, 2.24) is 0 Å². The van der Waals surface area contributed by atoms with Crippen molar-refractivity contribution in [1.29, 1.82) is 0 Å². The molecule has 5 rings (SSSR count). The summed E-state index contributed by atoms with van der Waals surface area (Å²) in [4.78, 5) is 1.11. The molecule has 1 heterocycles. The van der Waals surface area contributed by atoms with E-state index in [2.05, 4.69) is 36.4 Å². The van der Waals surface area contributed by atoms with Crippen LogP contribution in [0.3, 0.4) is 0 Å². The Morgan fingerprint density at radius 2 is 0.892 bits per heavy atom. The van der Waals surface area contributed by atoms with Crippen molar-refractivity contribution in [2.45, 2.75) is 0 Å². The van der Waals surface area contributed by atoms with E-state index >= 15 is 0 Å². The Morgan fingerprint density at radius 1 is 0.514 bits per heavy atom. The van der Waals surface area contributed by atoms with Gasteiger partial charge in [0, 0.05) is 28.3 Å². The van der Waals surface area contributed by atoms with Gasteiger partial charge < -0.3 is 4.57 Å². The summed E-state index contributed by atoms with van der Waals surface area (Å²) in [6, 6.07) is 44.7. The Morgan fingerprint density at radius 3 is 1.32 bits per heavy atom. The molecule has 0 spiro atoms. The monoisotopic (exact) mass is 548 g/mol. The van der Waals surface area contributed by atoms with Crippen molar-refractivity contribution < 1.29 is 33.4 Å². The molecule has 0 aliphatic rings. The second kappa shape index (κ2) is 11.9. The zero-order valence-electron chi connectivity index (χ0n) is 19.5. The normalized spacial score (nSPS) is 11.4. The van der Waals surface area contributed by atoms with Crippen LogP contribution >= 0.6 is 18.5 Å². The number of hydrogen-bond donors (Lipinski definition) is 0. The Labute approximate surface area is 221 Å². The third-order valence-corrected chi connectivity index (χ3v) is 10.2. The van der Waals surface area contributed by atoms with Gasteiger partial charge in [-0.1, -0.05) is 109 Å². The highest BCUT2D eigenvalue weighted by Gasteiger charge is 2.38. The molecule has 0 aliphatic heterocycles. The first kappa shape index (κ1) is 26.9. The second-order valence-corrected chi connectivity index (χ2v) is 12.8. The van der Waals surface area contributed by atoms with Crippen LogP contribution in [-0.4, -0.2) is 0 Å². The Bertz CT molecular complexity index is 1370. The van der Waals surface area contributed by atoms with Crippen molar-refractivity contribution in [3.8, 4) is 21.6 Å². The van der Waals surface area contributed by atoms with Crippen molar-refractivity contribution in [3.05, 3.63) is 133 Å². The minimum atomic E-state index is -4.94. The van der Waals surface area contributed by atoms with Crippen LogP contribution in [-0.2, 0) is 4.57 Å². The highest BCUT2D eigenvalue weighted by atomic mass is 35.7. The maximum atomic E-state index is 15.0. The minimum Gasteiger partial charge on any atom is -0.303 e. The van der Waals surface area contributed by atoms with E-state index in [9.17, 15) is 4.57 Å². The SMILES string of the molecule is O=P(c1ccccc1)(c1ccccc1)c1cc(-c2ccccc2)cc(-c2ccccc2)[s+]1.[O-][Cl+3]([O-])([O-])[O-]. The molecule has 37 heavy (non-hydrogen) atoms. The van der Waals surface area contributed by atoms with E-state index < -0.39 is 17.4 Å². The first-order valence-corrected chi connectivity index (χ1v) is 14.9. The quantitative estimate of drug-likeness (QED) is 0.247. The fraction of sp³-hybridized carbons (Fsp3) is 0. The fourth-order valence-corrected chi connectivity index (χ4v) is 8.47. The topological polar surface area (TPSA) is 109 Å².